The van der Waals surface area contributed by atoms with E-state index in [0.717, 1.165) is 16.5 Å². The summed E-state index contributed by atoms with van der Waals surface area (Å²) in [6.45, 7) is 0. The number of hydrogen-bond acceptors (Lipinski definition) is 3. The highest BCUT2D eigenvalue weighted by Crippen LogP contribution is 2.48. The van der Waals surface area contributed by atoms with E-state index in [9.17, 15) is 4.79 Å². The van der Waals surface area contributed by atoms with Crippen molar-refractivity contribution in [3.8, 4) is 16.9 Å². The maximum atomic E-state index is 11.6. The Morgan fingerprint density at radius 3 is 2.68 bits per heavy atom. The molecule has 0 radical (unpaired) electrons. The Morgan fingerprint density at radius 1 is 1.23 bits per heavy atom. The molecule has 4 heteroatoms. The number of ether oxygens (including phenoxy) is 1. The number of hydrogen-bond donors (Lipinski definition) is 1. The monoisotopic (exact) mass is 292 g/mol. The molecular weight excluding hydrogens is 276 g/mol. The second-order valence-electron chi connectivity index (χ2n) is 5.66. The molecule has 1 aliphatic rings. The molecule has 110 valence electrons. The number of aromatic amines is 1. The van der Waals surface area contributed by atoms with Gasteiger partial charge in [-0.1, -0.05) is 30.3 Å². The van der Waals surface area contributed by atoms with E-state index >= 15 is 0 Å². The molecule has 1 saturated carbocycles. The van der Waals surface area contributed by atoms with Crippen molar-refractivity contribution in [2.45, 2.75) is 18.8 Å². The number of nitrogens with zero attached hydrogens (tertiary/aromatic N) is 1. The molecule has 1 N–H and O–H groups in total. The number of benzene rings is 2. The van der Waals surface area contributed by atoms with Gasteiger partial charge in [0.1, 0.15) is 5.75 Å². The van der Waals surface area contributed by atoms with Gasteiger partial charge in [-0.15, -0.1) is 0 Å². The van der Waals surface area contributed by atoms with Crippen LogP contribution in [0.25, 0.3) is 22.0 Å². The normalized spacial score (nSPS) is 14.2. The van der Waals surface area contributed by atoms with Crippen molar-refractivity contribution in [3.05, 3.63) is 58.6 Å². The quantitative estimate of drug-likeness (QED) is 0.804. The van der Waals surface area contributed by atoms with Crippen molar-refractivity contribution in [3.63, 3.8) is 0 Å². The van der Waals surface area contributed by atoms with Crippen LogP contribution in [0.1, 0.15) is 24.3 Å². The number of fused-ring (bicyclic) bond motifs is 1. The average Bonchev–Trinajstić information content (AvgIpc) is 3.39. The summed E-state index contributed by atoms with van der Waals surface area (Å²) in [7, 11) is 1.63. The summed E-state index contributed by atoms with van der Waals surface area (Å²) in [5.74, 6) is 1.27. The van der Waals surface area contributed by atoms with Gasteiger partial charge in [0.25, 0.3) is 0 Å². The van der Waals surface area contributed by atoms with E-state index in [1.165, 1.54) is 18.4 Å². The zero-order valence-corrected chi connectivity index (χ0v) is 12.3. The van der Waals surface area contributed by atoms with Gasteiger partial charge >= 0.3 is 5.69 Å². The third-order valence-corrected chi connectivity index (χ3v) is 4.20. The van der Waals surface area contributed by atoms with Gasteiger partial charge in [0, 0.05) is 11.6 Å². The minimum absolute atomic E-state index is 0.357. The highest BCUT2D eigenvalue weighted by atomic mass is 16.5. The van der Waals surface area contributed by atoms with Crippen LogP contribution in [0.4, 0.5) is 0 Å². The van der Waals surface area contributed by atoms with E-state index in [2.05, 4.69) is 28.2 Å². The number of rotatable bonds is 3. The smallest absolute Gasteiger partial charge is 0.345 e. The van der Waals surface area contributed by atoms with Crippen LogP contribution in [0, 0.1) is 0 Å². The van der Waals surface area contributed by atoms with Crippen molar-refractivity contribution >= 4 is 10.9 Å². The molecule has 0 saturated heterocycles. The van der Waals surface area contributed by atoms with Gasteiger partial charge < -0.3 is 9.72 Å². The summed E-state index contributed by atoms with van der Waals surface area (Å²) in [6, 6.07) is 12.3. The second kappa shape index (κ2) is 4.98. The lowest BCUT2D eigenvalue weighted by molar-refractivity contribution is 0.418. The lowest BCUT2D eigenvalue weighted by atomic mass is 9.93. The Labute approximate surface area is 127 Å². The van der Waals surface area contributed by atoms with Crippen molar-refractivity contribution in [1.29, 1.82) is 0 Å². The molecule has 0 amide bonds. The summed E-state index contributed by atoms with van der Waals surface area (Å²) in [5.41, 5.74) is 3.94. The first-order valence-corrected chi connectivity index (χ1v) is 7.43. The maximum Gasteiger partial charge on any atom is 0.345 e. The fraction of sp³-hybridized carbons (Fsp3) is 0.222. The zero-order valence-electron chi connectivity index (χ0n) is 12.3. The Morgan fingerprint density at radius 2 is 2.00 bits per heavy atom. The van der Waals surface area contributed by atoms with Gasteiger partial charge in [0.05, 0.1) is 12.6 Å². The van der Waals surface area contributed by atoms with Crippen molar-refractivity contribution < 1.29 is 4.74 Å². The molecule has 0 aliphatic heterocycles. The van der Waals surface area contributed by atoms with Crippen LogP contribution in [0.5, 0.6) is 5.75 Å². The predicted octanol–water partition coefficient (Wildman–Crippen LogP) is 3.48. The topological polar surface area (TPSA) is 55.0 Å². The molecule has 0 unspecified atom stereocenters. The van der Waals surface area contributed by atoms with Gasteiger partial charge in [0.2, 0.25) is 0 Å². The second-order valence-corrected chi connectivity index (χ2v) is 5.66. The lowest BCUT2D eigenvalue weighted by Gasteiger charge is -2.15. The van der Waals surface area contributed by atoms with E-state index in [1.54, 1.807) is 13.3 Å². The Bertz CT molecular complexity index is 896. The molecule has 0 atom stereocenters. The van der Waals surface area contributed by atoms with E-state index in [1.807, 2.05) is 18.2 Å². The predicted molar refractivity (Wildman–Crippen MR) is 86.3 cm³/mol. The van der Waals surface area contributed by atoms with Crippen molar-refractivity contribution in [1.82, 2.24) is 9.97 Å². The molecule has 0 bridgehead atoms. The molecule has 1 fully saturated rings. The summed E-state index contributed by atoms with van der Waals surface area (Å²) >= 11 is 0. The van der Waals surface area contributed by atoms with E-state index in [4.69, 9.17) is 4.74 Å². The molecule has 1 aromatic heterocycles. The molecule has 4 nitrogen and oxygen atoms in total. The first kappa shape index (κ1) is 13.1. The largest absolute Gasteiger partial charge is 0.495 e. The molecule has 22 heavy (non-hydrogen) atoms. The fourth-order valence-corrected chi connectivity index (χ4v) is 3.02. The van der Waals surface area contributed by atoms with Crippen LogP contribution in [-0.4, -0.2) is 17.1 Å². The van der Waals surface area contributed by atoms with Crippen LogP contribution in [0.3, 0.4) is 0 Å². The number of methoxy groups -OCH3 is 1. The lowest BCUT2D eigenvalue weighted by Crippen LogP contribution is -2.10. The highest BCUT2D eigenvalue weighted by molar-refractivity contribution is 5.99. The van der Waals surface area contributed by atoms with Gasteiger partial charge in [-0.3, -0.25) is 0 Å². The zero-order chi connectivity index (χ0) is 15.1. The number of nitrogens with one attached hydrogen (secondary N) is 1. The third-order valence-electron chi connectivity index (χ3n) is 4.20. The summed E-state index contributed by atoms with van der Waals surface area (Å²) < 4.78 is 5.49. The van der Waals surface area contributed by atoms with Crippen LogP contribution < -0.4 is 10.4 Å². The first-order valence-electron chi connectivity index (χ1n) is 7.43. The third kappa shape index (κ3) is 2.08. The van der Waals surface area contributed by atoms with E-state index in [0.29, 0.717) is 17.2 Å². The summed E-state index contributed by atoms with van der Waals surface area (Å²) in [5, 5.41) is 0.937. The Kier molecular flexibility index (Phi) is 2.96. The molecule has 0 spiro atoms. The fourth-order valence-electron chi connectivity index (χ4n) is 3.02. The Hall–Kier alpha value is -2.62. The van der Waals surface area contributed by atoms with E-state index in [-0.39, 0.29) is 5.69 Å². The number of aromatic nitrogens is 2. The summed E-state index contributed by atoms with van der Waals surface area (Å²) in [4.78, 5) is 18.3. The van der Waals surface area contributed by atoms with Gasteiger partial charge in [0.15, 0.2) is 0 Å². The average molecular weight is 292 g/mol. The van der Waals surface area contributed by atoms with Crippen LogP contribution in [-0.2, 0) is 0 Å². The first-order chi connectivity index (χ1) is 10.8. The number of H-pyrrole nitrogens is 1. The standard InChI is InChI=1S/C18H16N2O2/c1-22-15-9-13(11-7-8-11)16(12-5-3-2-4-6-12)14-10-19-18(21)20-17(14)15/h2-6,9-11H,7-8H2,1H3,(H,19,20,21). The highest BCUT2D eigenvalue weighted by Gasteiger charge is 2.29. The maximum absolute atomic E-state index is 11.6. The molecule has 3 aromatic rings. The van der Waals surface area contributed by atoms with Gasteiger partial charge in [-0.25, -0.2) is 9.78 Å². The van der Waals surface area contributed by atoms with Crippen molar-refractivity contribution in [2.24, 2.45) is 0 Å². The minimum Gasteiger partial charge on any atom is -0.495 e. The molecule has 4 rings (SSSR count). The minimum atomic E-state index is -0.357. The summed E-state index contributed by atoms with van der Waals surface area (Å²) in [6.07, 6.45) is 4.06. The van der Waals surface area contributed by atoms with Crippen LogP contribution >= 0.6 is 0 Å². The Balaban J connectivity index is 2.12. The molecule has 2 aromatic carbocycles. The van der Waals surface area contributed by atoms with Gasteiger partial charge in [-0.05, 0) is 41.5 Å². The molecular formula is C18H16N2O2. The van der Waals surface area contributed by atoms with Crippen LogP contribution in [0.2, 0.25) is 0 Å². The van der Waals surface area contributed by atoms with Crippen molar-refractivity contribution in [2.75, 3.05) is 7.11 Å². The molecule has 1 heterocycles. The SMILES string of the molecule is COc1cc(C2CC2)c(-c2ccccc2)c2cnc(=O)[nH]c12. The van der Waals surface area contributed by atoms with Gasteiger partial charge in [-0.2, -0.15) is 0 Å². The molecule has 1 aliphatic carbocycles. The van der Waals surface area contributed by atoms with E-state index < -0.39 is 0 Å². The van der Waals surface area contributed by atoms with Crippen LogP contribution in [0.15, 0.2) is 47.4 Å².